The summed E-state index contributed by atoms with van der Waals surface area (Å²) in [6.07, 6.45) is 9.91. The van der Waals surface area contributed by atoms with Gasteiger partial charge in [-0.15, -0.1) is 0 Å². The quantitative estimate of drug-likeness (QED) is 0.558. The molecule has 4 heteroatoms. The van der Waals surface area contributed by atoms with Crippen LogP contribution in [0.5, 0.6) is 0 Å². The molecule has 31 heavy (non-hydrogen) atoms. The molecule has 5 fully saturated rings. The van der Waals surface area contributed by atoms with Crippen molar-refractivity contribution >= 4 is 5.78 Å². The second-order valence-corrected chi connectivity index (χ2v) is 12.6. The van der Waals surface area contributed by atoms with Gasteiger partial charge in [0.2, 0.25) is 0 Å². The number of fused-ring (bicyclic) bond motifs is 7. The summed E-state index contributed by atoms with van der Waals surface area (Å²) >= 11 is 0. The van der Waals surface area contributed by atoms with Crippen molar-refractivity contribution < 1.29 is 19.4 Å². The van der Waals surface area contributed by atoms with Crippen molar-refractivity contribution in [3.05, 3.63) is 11.6 Å². The van der Waals surface area contributed by atoms with E-state index in [2.05, 4.69) is 33.8 Å². The summed E-state index contributed by atoms with van der Waals surface area (Å²) in [4.78, 5) is 13.9. The fourth-order valence-corrected chi connectivity index (χ4v) is 9.49. The molecule has 1 spiro atoms. The van der Waals surface area contributed by atoms with Gasteiger partial charge in [-0.05, 0) is 73.0 Å². The van der Waals surface area contributed by atoms with Crippen molar-refractivity contribution in [3.8, 4) is 0 Å². The fourth-order valence-electron chi connectivity index (χ4n) is 9.49. The SMILES string of the molecule is CC1CCC2(OC1)OC1CC3C4CC=C5CC(O)CCC5(C)C4C(=O)CC3(C)C1C2C. The van der Waals surface area contributed by atoms with Gasteiger partial charge < -0.3 is 14.6 Å². The minimum atomic E-state index is -0.416. The van der Waals surface area contributed by atoms with Gasteiger partial charge in [-0.3, -0.25) is 4.79 Å². The molecule has 2 aliphatic heterocycles. The number of ether oxygens (including phenoxy) is 2. The molecule has 0 aromatic carbocycles. The first kappa shape index (κ1) is 20.9. The average molecular weight is 429 g/mol. The molecule has 2 heterocycles. The Labute approximate surface area is 187 Å². The van der Waals surface area contributed by atoms with E-state index in [0.717, 1.165) is 45.1 Å². The van der Waals surface area contributed by atoms with Crippen molar-refractivity contribution in [2.24, 2.45) is 46.3 Å². The van der Waals surface area contributed by atoms with Gasteiger partial charge in [0.05, 0.1) is 18.8 Å². The molecule has 11 atom stereocenters. The van der Waals surface area contributed by atoms with Gasteiger partial charge >= 0.3 is 0 Å². The van der Waals surface area contributed by atoms with Crippen molar-refractivity contribution in [1.29, 1.82) is 0 Å². The summed E-state index contributed by atoms with van der Waals surface area (Å²) in [5, 5.41) is 10.2. The smallest absolute Gasteiger partial charge is 0.171 e. The molecule has 172 valence electrons. The van der Waals surface area contributed by atoms with Crippen LogP contribution < -0.4 is 0 Å². The molecule has 11 unspecified atom stereocenters. The lowest BCUT2D eigenvalue weighted by atomic mass is 9.46. The van der Waals surface area contributed by atoms with Crippen LogP contribution in [0.1, 0.15) is 79.1 Å². The van der Waals surface area contributed by atoms with Crippen LogP contribution in [0.2, 0.25) is 0 Å². The molecule has 0 aromatic heterocycles. The van der Waals surface area contributed by atoms with Crippen LogP contribution >= 0.6 is 0 Å². The van der Waals surface area contributed by atoms with Crippen LogP contribution in [-0.2, 0) is 14.3 Å². The minimum Gasteiger partial charge on any atom is -0.393 e. The Bertz CT molecular complexity index is 810. The summed E-state index contributed by atoms with van der Waals surface area (Å²) in [5.41, 5.74) is 1.33. The maximum absolute atomic E-state index is 13.9. The Morgan fingerprint density at radius 3 is 2.71 bits per heavy atom. The molecular formula is C27H40O4. The zero-order valence-corrected chi connectivity index (χ0v) is 19.7. The van der Waals surface area contributed by atoms with Gasteiger partial charge in [-0.25, -0.2) is 0 Å². The van der Waals surface area contributed by atoms with Crippen LogP contribution in [0.3, 0.4) is 0 Å². The molecule has 0 amide bonds. The van der Waals surface area contributed by atoms with E-state index in [9.17, 15) is 9.90 Å². The Morgan fingerprint density at radius 1 is 1.16 bits per heavy atom. The molecule has 4 nitrogen and oxygen atoms in total. The number of Topliss-reactive ketones (excluding diaryl/α,β-unsaturated/α-hetero) is 1. The van der Waals surface area contributed by atoms with Crippen molar-refractivity contribution in [2.45, 2.75) is 97.1 Å². The first-order valence-electron chi connectivity index (χ1n) is 12.9. The first-order valence-corrected chi connectivity index (χ1v) is 12.9. The Kier molecular flexibility index (Phi) is 4.49. The molecule has 4 aliphatic carbocycles. The fraction of sp³-hybridized carbons (Fsp3) is 0.889. The topological polar surface area (TPSA) is 55.8 Å². The van der Waals surface area contributed by atoms with E-state index in [-0.39, 0.29) is 29.0 Å². The normalized spacial score (nSPS) is 58.4. The number of ketones is 1. The molecule has 0 bridgehead atoms. The monoisotopic (exact) mass is 428 g/mol. The molecular weight excluding hydrogens is 388 g/mol. The highest BCUT2D eigenvalue weighted by molar-refractivity contribution is 5.85. The van der Waals surface area contributed by atoms with Gasteiger partial charge in [0, 0.05) is 24.7 Å². The van der Waals surface area contributed by atoms with Gasteiger partial charge in [0.1, 0.15) is 5.78 Å². The molecule has 6 rings (SSSR count). The maximum Gasteiger partial charge on any atom is 0.171 e. The van der Waals surface area contributed by atoms with E-state index < -0.39 is 5.79 Å². The number of hydrogen-bond acceptors (Lipinski definition) is 4. The third-order valence-corrected chi connectivity index (χ3v) is 11.0. The minimum absolute atomic E-state index is 0.0220. The zero-order chi connectivity index (χ0) is 21.8. The van der Waals surface area contributed by atoms with Crippen molar-refractivity contribution in [3.63, 3.8) is 0 Å². The van der Waals surface area contributed by atoms with Crippen LogP contribution in [0.25, 0.3) is 0 Å². The second kappa shape index (κ2) is 6.67. The van der Waals surface area contributed by atoms with Crippen molar-refractivity contribution in [2.75, 3.05) is 6.61 Å². The number of hydrogen-bond donors (Lipinski definition) is 1. The van der Waals surface area contributed by atoms with E-state index in [1.54, 1.807) is 0 Å². The molecule has 3 saturated carbocycles. The highest BCUT2D eigenvalue weighted by Crippen LogP contribution is 2.69. The number of allylic oxidation sites excluding steroid dienone is 1. The second-order valence-electron chi connectivity index (χ2n) is 12.6. The van der Waals surface area contributed by atoms with Crippen LogP contribution in [0.4, 0.5) is 0 Å². The Hall–Kier alpha value is -0.710. The predicted molar refractivity (Wildman–Crippen MR) is 118 cm³/mol. The van der Waals surface area contributed by atoms with E-state index in [1.807, 2.05) is 0 Å². The highest BCUT2D eigenvalue weighted by Gasteiger charge is 2.70. The molecule has 6 aliphatic rings. The van der Waals surface area contributed by atoms with Gasteiger partial charge in [0.25, 0.3) is 0 Å². The molecule has 1 N–H and O–H groups in total. The molecule has 0 radical (unpaired) electrons. The van der Waals surface area contributed by atoms with Gasteiger partial charge in [-0.1, -0.05) is 39.3 Å². The molecule has 2 saturated heterocycles. The van der Waals surface area contributed by atoms with E-state index in [1.165, 1.54) is 12.0 Å². The molecule has 0 aromatic rings. The Balaban J connectivity index is 1.32. The van der Waals surface area contributed by atoms with E-state index in [4.69, 9.17) is 9.47 Å². The summed E-state index contributed by atoms with van der Waals surface area (Å²) in [6, 6.07) is 0. The first-order chi connectivity index (χ1) is 14.7. The lowest BCUT2D eigenvalue weighted by Crippen LogP contribution is -2.56. The number of rotatable bonds is 0. The number of carbonyl (C=O) groups is 1. The number of carbonyl (C=O) groups excluding carboxylic acids is 1. The summed E-state index contributed by atoms with van der Waals surface area (Å²) in [6.45, 7) is 10.1. The van der Waals surface area contributed by atoms with E-state index >= 15 is 0 Å². The average Bonchev–Trinajstić information content (AvgIpc) is 3.15. The largest absolute Gasteiger partial charge is 0.393 e. The van der Waals surface area contributed by atoms with Crippen LogP contribution in [0, 0.1) is 46.3 Å². The highest BCUT2D eigenvalue weighted by atomic mass is 16.7. The summed E-state index contributed by atoms with van der Waals surface area (Å²) in [5.74, 6) is 2.56. The van der Waals surface area contributed by atoms with Crippen LogP contribution in [-0.4, -0.2) is 35.5 Å². The standard InChI is InChI=1S/C27H40O4/c1-15-7-10-27(30-14-15)16(2)23-22(31-27)12-20-19-6-5-17-11-18(28)8-9-25(17,3)24(19)21(29)13-26(20,23)4/h5,15-16,18-20,22-24,28H,6-14H2,1-4H3. The lowest BCUT2D eigenvalue weighted by molar-refractivity contribution is -0.272. The zero-order valence-electron chi connectivity index (χ0n) is 19.7. The third kappa shape index (κ3) is 2.68. The van der Waals surface area contributed by atoms with Gasteiger partial charge in [0.15, 0.2) is 5.79 Å². The van der Waals surface area contributed by atoms with Gasteiger partial charge in [-0.2, -0.15) is 0 Å². The van der Waals surface area contributed by atoms with Crippen molar-refractivity contribution in [1.82, 2.24) is 0 Å². The Morgan fingerprint density at radius 2 is 1.97 bits per heavy atom. The lowest BCUT2D eigenvalue weighted by Gasteiger charge is -2.57. The summed E-state index contributed by atoms with van der Waals surface area (Å²) in [7, 11) is 0. The number of aliphatic hydroxyl groups excluding tert-OH is 1. The predicted octanol–water partition coefficient (Wildman–Crippen LogP) is 4.89. The van der Waals surface area contributed by atoms with Crippen LogP contribution in [0.15, 0.2) is 11.6 Å². The maximum atomic E-state index is 13.9. The van der Waals surface area contributed by atoms with E-state index in [0.29, 0.717) is 41.8 Å². The number of aliphatic hydroxyl groups is 1. The third-order valence-electron chi connectivity index (χ3n) is 11.0. The summed E-state index contributed by atoms with van der Waals surface area (Å²) < 4.78 is 13.2.